The van der Waals surface area contributed by atoms with Crippen LogP contribution < -0.4 is 14.5 Å². The van der Waals surface area contributed by atoms with Crippen molar-refractivity contribution in [3.05, 3.63) is 23.8 Å². The van der Waals surface area contributed by atoms with Crippen LogP contribution in [0.3, 0.4) is 0 Å². The Kier molecular flexibility index (Phi) is 3.75. The Morgan fingerprint density at radius 2 is 2.18 bits per heavy atom. The fraction of sp³-hybridized carbons (Fsp3) is 0.385. The van der Waals surface area contributed by atoms with E-state index >= 15 is 0 Å². The zero-order valence-electron chi connectivity index (χ0n) is 11.9. The molecule has 2 aliphatic heterocycles. The van der Waals surface area contributed by atoms with Gasteiger partial charge >= 0.3 is 10.3 Å². The largest absolute Gasteiger partial charge is 0.489 e. The molecule has 0 aliphatic carbocycles. The van der Waals surface area contributed by atoms with Gasteiger partial charge in [-0.15, -0.1) is 0 Å². The van der Waals surface area contributed by atoms with E-state index in [0.29, 0.717) is 30.0 Å². The third-order valence-corrected chi connectivity index (χ3v) is 4.84. The molecule has 1 aromatic carbocycles. The average Bonchev–Trinajstić information content (AvgIpc) is 2.54. The Hall–Kier alpha value is -2.13. The van der Waals surface area contributed by atoms with E-state index in [1.165, 1.54) is 0 Å². The number of hydrogen-bond donors (Lipinski definition) is 1. The molecule has 9 heteroatoms. The molecule has 0 saturated heterocycles. The summed E-state index contributed by atoms with van der Waals surface area (Å²) in [5, 5.41) is 4.01. The molecule has 1 amide bonds. The fourth-order valence-electron chi connectivity index (χ4n) is 2.38. The van der Waals surface area contributed by atoms with Gasteiger partial charge in [0, 0.05) is 18.4 Å². The summed E-state index contributed by atoms with van der Waals surface area (Å²) >= 11 is 0. The molecule has 0 unspecified atom stereocenters. The van der Waals surface area contributed by atoms with Crippen LogP contribution in [0.5, 0.6) is 5.75 Å². The summed E-state index contributed by atoms with van der Waals surface area (Å²) in [4.78, 5) is 11.2. The molecular formula is C13H15N3O5S. The minimum Gasteiger partial charge on any atom is -0.489 e. The molecule has 8 nitrogen and oxygen atoms in total. The van der Waals surface area contributed by atoms with Crippen molar-refractivity contribution in [3.8, 4) is 5.75 Å². The van der Waals surface area contributed by atoms with Gasteiger partial charge in [0.2, 0.25) is 5.91 Å². The molecule has 0 fully saturated rings. The van der Waals surface area contributed by atoms with Crippen LogP contribution in [0.4, 0.5) is 5.69 Å². The van der Waals surface area contributed by atoms with Gasteiger partial charge in [0.05, 0.1) is 25.1 Å². The topological polar surface area (TPSA) is 97.3 Å². The average molecular weight is 325 g/mol. The number of anilines is 1. The number of nitrogens with zero attached hydrogens (tertiary/aromatic N) is 2. The highest BCUT2D eigenvalue weighted by Gasteiger charge is 2.29. The van der Waals surface area contributed by atoms with Gasteiger partial charge < -0.3 is 4.74 Å². The molecule has 0 radical (unpaired) electrons. The van der Waals surface area contributed by atoms with E-state index in [1.54, 1.807) is 18.2 Å². The van der Waals surface area contributed by atoms with E-state index < -0.39 is 10.3 Å². The number of hydrazone groups is 1. The molecule has 2 heterocycles. The van der Waals surface area contributed by atoms with E-state index in [1.807, 2.05) is 0 Å². The molecule has 0 spiro atoms. The molecule has 1 aromatic rings. The number of rotatable bonds is 3. The quantitative estimate of drug-likeness (QED) is 0.867. The van der Waals surface area contributed by atoms with Crippen molar-refractivity contribution in [2.75, 3.05) is 24.6 Å². The van der Waals surface area contributed by atoms with Crippen LogP contribution in [0.2, 0.25) is 0 Å². The summed E-state index contributed by atoms with van der Waals surface area (Å²) in [7, 11) is -2.73. The second kappa shape index (κ2) is 5.58. The van der Waals surface area contributed by atoms with Crippen LogP contribution in [-0.4, -0.2) is 40.3 Å². The fourth-order valence-corrected chi connectivity index (χ4v) is 3.24. The second-order valence-corrected chi connectivity index (χ2v) is 6.45. The molecule has 118 valence electrons. The Morgan fingerprint density at radius 3 is 2.86 bits per heavy atom. The lowest BCUT2D eigenvalue weighted by molar-refractivity contribution is -0.121. The Balaban J connectivity index is 2.01. The highest BCUT2D eigenvalue weighted by molar-refractivity contribution is 7.88. The predicted octanol–water partition coefficient (Wildman–Crippen LogP) is 0.391. The summed E-state index contributed by atoms with van der Waals surface area (Å²) in [6, 6.07) is 5.17. The number of ether oxygens (including phenoxy) is 1. The maximum Gasteiger partial charge on any atom is 0.362 e. The minimum atomic E-state index is -3.85. The van der Waals surface area contributed by atoms with Gasteiger partial charge in [0.1, 0.15) is 12.4 Å². The monoisotopic (exact) mass is 325 g/mol. The Labute approximate surface area is 128 Å². The molecule has 0 aromatic heterocycles. The van der Waals surface area contributed by atoms with E-state index in [2.05, 4.69) is 14.7 Å². The standard InChI is InChI=1S/C13H15N3O5S/c1-20-22(18,19)16-6-7-21-12-4-2-9(8-11(12)16)10-3-5-13(17)15-14-10/h2,4,8H,3,5-7H2,1H3,(H,15,17). The highest BCUT2D eigenvalue weighted by atomic mass is 32.2. The third-order valence-electron chi connectivity index (χ3n) is 3.50. The predicted molar refractivity (Wildman–Crippen MR) is 79.1 cm³/mol. The van der Waals surface area contributed by atoms with Crippen molar-refractivity contribution < 1.29 is 22.1 Å². The van der Waals surface area contributed by atoms with Crippen molar-refractivity contribution in [1.29, 1.82) is 0 Å². The van der Waals surface area contributed by atoms with Crippen molar-refractivity contribution in [2.45, 2.75) is 12.8 Å². The first-order chi connectivity index (χ1) is 10.5. The molecule has 0 saturated carbocycles. The van der Waals surface area contributed by atoms with Crippen molar-refractivity contribution in [3.63, 3.8) is 0 Å². The molecule has 2 aliphatic rings. The molecule has 3 rings (SSSR count). The molecule has 22 heavy (non-hydrogen) atoms. The van der Waals surface area contributed by atoms with Crippen LogP contribution in [0.1, 0.15) is 18.4 Å². The number of fused-ring (bicyclic) bond motifs is 1. The Morgan fingerprint density at radius 1 is 1.36 bits per heavy atom. The number of carbonyl (C=O) groups excluding carboxylic acids is 1. The summed E-state index contributed by atoms with van der Waals surface area (Å²) in [6.45, 7) is 0.432. The summed E-state index contributed by atoms with van der Waals surface area (Å²) in [5.74, 6) is 0.338. The lowest BCUT2D eigenvalue weighted by Crippen LogP contribution is -2.38. The number of hydrogen-bond acceptors (Lipinski definition) is 6. The van der Waals surface area contributed by atoms with Crippen LogP contribution in [-0.2, 0) is 19.3 Å². The van der Waals surface area contributed by atoms with Gasteiger partial charge in [0.25, 0.3) is 0 Å². The van der Waals surface area contributed by atoms with Crippen molar-refractivity contribution in [2.24, 2.45) is 5.10 Å². The first kappa shape index (κ1) is 14.8. The maximum atomic E-state index is 12.0. The summed E-state index contributed by atoms with van der Waals surface area (Å²) < 4.78 is 35.3. The van der Waals surface area contributed by atoms with Crippen LogP contribution >= 0.6 is 0 Å². The van der Waals surface area contributed by atoms with Gasteiger partial charge in [-0.1, -0.05) is 0 Å². The summed E-state index contributed by atoms with van der Waals surface area (Å²) in [6.07, 6.45) is 0.856. The van der Waals surface area contributed by atoms with E-state index in [0.717, 1.165) is 17.0 Å². The highest BCUT2D eigenvalue weighted by Crippen LogP contribution is 2.35. The van der Waals surface area contributed by atoms with Gasteiger partial charge in [-0.2, -0.15) is 13.5 Å². The lowest BCUT2D eigenvalue weighted by atomic mass is 10.0. The summed E-state index contributed by atoms with van der Waals surface area (Å²) in [5.41, 5.74) is 4.27. The van der Waals surface area contributed by atoms with Crippen molar-refractivity contribution >= 4 is 27.6 Å². The first-order valence-electron chi connectivity index (χ1n) is 6.72. The number of benzene rings is 1. The van der Waals surface area contributed by atoms with Crippen LogP contribution in [0, 0.1) is 0 Å². The van der Waals surface area contributed by atoms with Gasteiger partial charge in [-0.05, 0) is 18.2 Å². The number of nitrogens with one attached hydrogen (secondary N) is 1. The van der Waals surface area contributed by atoms with Crippen LogP contribution in [0.15, 0.2) is 23.3 Å². The Bertz CT molecular complexity index is 744. The normalized spacial score (nSPS) is 18.1. The zero-order valence-corrected chi connectivity index (χ0v) is 12.7. The molecule has 0 bridgehead atoms. The van der Waals surface area contributed by atoms with Gasteiger partial charge in [-0.3, -0.25) is 8.98 Å². The smallest absolute Gasteiger partial charge is 0.362 e. The lowest BCUT2D eigenvalue weighted by Gasteiger charge is -2.29. The zero-order chi connectivity index (χ0) is 15.7. The third kappa shape index (κ3) is 2.64. The SMILES string of the molecule is COS(=O)(=O)N1CCOc2ccc(C3=NNC(=O)CC3)cc21. The maximum absolute atomic E-state index is 12.0. The molecule has 1 N–H and O–H groups in total. The van der Waals surface area contributed by atoms with E-state index in [-0.39, 0.29) is 19.1 Å². The van der Waals surface area contributed by atoms with Crippen molar-refractivity contribution in [1.82, 2.24) is 5.43 Å². The first-order valence-corrected chi connectivity index (χ1v) is 8.09. The number of carbonyl (C=O) groups is 1. The van der Waals surface area contributed by atoms with E-state index in [9.17, 15) is 13.2 Å². The second-order valence-electron chi connectivity index (χ2n) is 4.82. The van der Waals surface area contributed by atoms with Crippen LogP contribution in [0.25, 0.3) is 0 Å². The minimum absolute atomic E-state index is 0.131. The number of amides is 1. The van der Waals surface area contributed by atoms with E-state index in [4.69, 9.17) is 4.74 Å². The molecular weight excluding hydrogens is 310 g/mol. The molecule has 0 atom stereocenters. The van der Waals surface area contributed by atoms with Gasteiger partial charge in [0.15, 0.2) is 0 Å². The van der Waals surface area contributed by atoms with Gasteiger partial charge in [-0.25, -0.2) is 9.73 Å².